The zero-order valence-electron chi connectivity index (χ0n) is 8.56. The van der Waals surface area contributed by atoms with Crippen molar-refractivity contribution in [2.24, 2.45) is 0 Å². The lowest BCUT2D eigenvalue weighted by Gasteiger charge is -2.17. The van der Waals surface area contributed by atoms with Crippen LogP contribution in [-0.4, -0.2) is 20.2 Å². The van der Waals surface area contributed by atoms with E-state index in [1.165, 1.54) is 12.4 Å². The molecule has 0 bridgehead atoms. The van der Waals surface area contributed by atoms with Crippen LogP contribution in [0.5, 0.6) is 0 Å². The van der Waals surface area contributed by atoms with Crippen molar-refractivity contribution in [3.63, 3.8) is 0 Å². The number of hydrogen-bond donors (Lipinski definition) is 2. The molecule has 2 heterocycles. The Morgan fingerprint density at radius 1 is 0.812 bits per heavy atom. The Bertz CT molecular complexity index is 390. The number of rotatable bonds is 3. The second-order valence-electron chi connectivity index (χ2n) is 3.46. The summed E-state index contributed by atoms with van der Waals surface area (Å²) in [5, 5.41) is 19.8. The third kappa shape index (κ3) is 2.24. The Hall–Kier alpha value is -1.78. The summed E-state index contributed by atoms with van der Waals surface area (Å²) in [5.74, 6) is 0. The van der Waals surface area contributed by atoms with E-state index >= 15 is 0 Å². The Kier molecular flexibility index (Phi) is 3.24. The maximum atomic E-state index is 9.92. The summed E-state index contributed by atoms with van der Waals surface area (Å²) in [6.07, 6.45) is 4.32. The number of nitrogens with zero attached hydrogens (tertiary/aromatic N) is 2. The molecule has 0 unspecified atom stereocenters. The first-order valence-electron chi connectivity index (χ1n) is 4.95. The van der Waals surface area contributed by atoms with Crippen LogP contribution in [0.25, 0.3) is 0 Å². The quantitative estimate of drug-likeness (QED) is 0.810. The van der Waals surface area contributed by atoms with Crippen LogP contribution in [0.4, 0.5) is 0 Å². The van der Waals surface area contributed by atoms with E-state index in [4.69, 9.17) is 0 Å². The van der Waals surface area contributed by atoms with Crippen LogP contribution < -0.4 is 0 Å². The van der Waals surface area contributed by atoms with Crippen LogP contribution >= 0.6 is 0 Å². The second kappa shape index (κ2) is 4.83. The van der Waals surface area contributed by atoms with Crippen molar-refractivity contribution in [2.75, 3.05) is 0 Å². The maximum Gasteiger partial charge on any atom is 0.111 e. The van der Waals surface area contributed by atoms with E-state index in [0.717, 1.165) is 0 Å². The standard InChI is InChI=1S/C12H12N2O2/c15-11(9-3-1-5-13-7-9)12(16)10-4-2-6-14-8-10/h1-8,11-12,15-16H/t11-,12-/m0/s1. The molecule has 0 aliphatic carbocycles. The molecule has 82 valence electrons. The number of aromatic nitrogens is 2. The molecule has 2 atom stereocenters. The summed E-state index contributed by atoms with van der Waals surface area (Å²) in [6.45, 7) is 0. The Morgan fingerprint density at radius 2 is 1.25 bits per heavy atom. The molecule has 2 N–H and O–H groups in total. The number of aliphatic hydroxyl groups is 2. The Balaban J connectivity index is 2.20. The van der Waals surface area contributed by atoms with E-state index in [9.17, 15) is 10.2 Å². The van der Waals surface area contributed by atoms with Crippen molar-refractivity contribution in [3.05, 3.63) is 60.2 Å². The van der Waals surface area contributed by atoms with Gasteiger partial charge in [-0.15, -0.1) is 0 Å². The third-order valence-electron chi connectivity index (χ3n) is 2.35. The summed E-state index contributed by atoms with van der Waals surface area (Å²) in [7, 11) is 0. The van der Waals surface area contributed by atoms with Crippen LogP contribution in [0, 0.1) is 0 Å². The van der Waals surface area contributed by atoms with E-state index in [-0.39, 0.29) is 0 Å². The minimum absolute atomic E-state index is 0.582. The average Bonchev–Trinajstić information content (AvgIpc) is 2.39. The Morgan fingerprint density at radius 3 is 1.56 bits per heavy atom. The lowest BCUT2D eigenvalue weighted by molar-refractivity contribution is 0.0168. The van der Waals surface area contributed by atoms with Crippen LogP contribution in [0.1, 0.15) is 23.3 Å². The highest BCUT2D eigenvalue weighted by molar-refractivity contribution is 5.20. The van der Waals surface area contributed by atoms with Gasteiger partial charge in [0.25, 0.3) is 0 Å². The van der Waals surface area contributed by atoms with Gasteiger partial charge in [-0.05, 0) is 12.1 Å². The van der Waals surface area contributed by atoms with Gasteiger partial charge in [0.2, 0.25) is 0 Å². The molecule has 0 fully saturated rings. The smallest absolute Gasteiger partial charge is 0.111 e. The van der Waals surface area contributed by atoms with E-state index < -0.39 is 12.2 Å². The fourth-order valence-corrected chi connectivity index (χ4v) is 1.47. The lowest BCUT2D eigenvalue weighted by atomic mass is 10.0. The minimum atomic E-state index is -0.988. The lowest BCUT2D eigenvalue weighted by Crippen LogP contribution is -2.10. The molecule has 0 spiro atoms. The molecular formula is C12H12N2O2. The molecule has 0 aromatic carbocycles. The van der Waals surface area contributed by atoms with Crippen molar-refractivity contribution in [1.29, 1.82) is 0 Å². The largest absolute Gasteiger partial charge is 0.385 e. The fraction of sp³-hybridized carbons (Fsp3) is 0.167. The van der Waals surface area contributed by atoms with Gasteiger partial charge in [-0.1, -0.05) is 12.1 Å². The van der Waals surface area contributed by atoms with Crippen LogP contribution in [-0.2, 0) is 0 Å². The van der Waals surface area contributed by atoms with Crippen LogP contribution in [0.15, 0.2) is 49.1 Å². The molecule has 0 radical (unpaired) electrons. The van der Waals surface area contributed by atoms with Gasteiger partial charge in [-0.3, -0.25) is 9.97 Å². The highest BCUT2D eigenvalue weighted by Crippen LogP contribution is 2.27. The van der Waals surface area contributed by atoms with Gasteiger partial charge < -0.3 is 10.2 Å². The first-order valence-corrected chi connectivity index (χ1v) is 4.95. The van der Waals surface area contributed by atoms with E-state index in [0.29, 0.717) is 11.1 Å². The monoisotopic (exact) mass is 216 g/mol. The molecule has 0 amide bonds. The zero-order chi connectivity index (χ0) is 11.4. The summed E-state index contributed by atoms with van der Waals surface area (Å²) in [5.41, 5.74) is 1.16. The maximum absolute atomic E-state index is 9.92. The van der Waals surface area contributed by atoms with Crippen LogP contribution in [0.2, 0.25) is 0 Å². The molecule has 2 aromatic rings. The van der Waals surface area contributed by atoms with Gasteiger partial charge in [0.05, 0.1) is 0 Å². The third-order valence-corrected chi connectivity index (χ3v) is 2.35. The van der Waals surface area contributed by atoms with Gasteiger partial charge >= 0.3 is 0 Å². The zero-order valence-corrected chi connectivity index (χ0v) is 8.56. The van der Waals surface area contributed by atoms with Crippen molar-refractivity contribution in [1.82, 2.24) is 9.97 Å². The molecule has 0 saturated carbocycles. The van der Waals surface area contributed by atoms with Gasteiger partial charge in [-0.25, -0.2) is 0 Å². The predicted octanol–water partition coefficient (Wildman–Crippen LogP) is 1.24. The normalized spacial score (nSPS) is 14.4. The van der Waals surface area contributed by atoms with Gasteiger partial charge in [0.15, 0.2) is 0 Å². The molecule has 2 aromatic heterocycles. The second-order valence-corrected chi connectivity index (χ2v) is 3.46. The van der Waals surface area contributed by atoms with E-state index in [2.05, 4.69) is 9.97 Å². The first-order chi connectivity index (χ1) is 7.79. The number of pyridine rings is 2. The van der Waals surface area contributed by atoms with Crippen molar-refractivity contribution < 1.29 is 10.2 Å². The van der Waals surface area contributed by atoms with Gasteiger partial charge in [-0.2, -0.15) is 0 Å². The highest BCUT2D eigenvalue weighted by atomic mass is 16.3. The molecule has 16 heavy (non-hydrogen) atoms. The number of aliphatic hydroxyl groups excluding tert-OH is 2. The van der Waals surface area contributed by atoms with Gasteiger partial charge in [0, 0.05) is 35.9 Å². The molecule has 0 aliphatic rings. The molecule has 0 aliphatic heterocycles. The molecular weight excluding hydrogens is 204 g/mol. The van der Waals surface area contributed by atoms with Crippen molar-refractivity contribution >= 4 is 0 Å². The SMILES string of the molecule is O[C@@H](c1cccnc1)[C@@H](O)c1cccnc1. The topological polar surface area (TPSA) is 66.2 Å². The predicted molar refractivity (Wildman–Crippen MR) is 58.4 cm³/mol. The summed E-state index contributed by atoms with van der Waals surface area (Å²) in [4.78, 5) is 7.79. The summed E-state index contributed by atoms with van der Waals surface area (Å²) >= 11 is 0. The van der Waals surface area contributed by atoms with Gasteiger partial charge in [0.1, 0.15) is 12.2 Å². The van der Waals surface area contributed by atoms with Crippen molar-refractivity contribution in [3.8, 4) is 0 Å². The molecule has 4 nitrogen and oxygen atoms in total. The summed E-state index contributed by atoms with van der Waals surface area (Å²) in [6, 6.07) is 6.87. The summed E-state index contributed by atoms with van der Waals surface area (Å²) < 4.78 is 0. The highest BCUT2D eigenvalue weighted by Gasteiger charge is 2.20. The molecule has 4 heteroatoms. The van der Waals surface area contributed by atoms with Crippen LogP contribution in [0.3, 0.4) is 0 Å². The van der Waals surface area contributed by atoms with E-state index in [1.54, 1.807) is 36.7 Å². The molecule has 0 saturated heterocycles. The minimum Gasteiger partial charge on any atom is -0.385 e. The fourth-order valence-electron chi connectivity index (χ4n) is 1.47. The number of hydrogen-bond acceptors (Lipinski definition) is 4. The molecule has 2 rings (SSSR count). The average molecular weight is 216 g/mol. The Labute approximate surface area is 93.2 Å². The van der Waals surface area contributed by atoms with Crippen molar-refractivity contribution in [2.45, 2.75) is 12.2 Å². The first kappa shape index (κ1) is 10.7. The van der Waals surface area contributed by atoms with E-state index in [1.807, 2.05) is 0 Å².